The molecule has 41 heavy (non-hydrogen) atoms. The van der Waals surface area contributed by atoms with Crippen molar-refractivity contribution in [1.29, 1.82) is 0 Å². The maximum absolute atomic E-state index is 13.6. The highest BCUT2D eigenvalue weighted by atomic mass is 19.1. The molecule has 0 saturated carbocycles. The van der Waals surface area contributed by atoms with Crippen LogP contribution in [-0.2, 0) is 40.0 Å². The van der Waals surface area contributed by atoms with Crippen molar-refractivity contribution in [2.45, 2.75) is 71.0 Å². The average molecular weight is 573 g/mol. The van der Waals surface area contributed by atoms with Gasteiger partial charge in [-0.3, -0.25) is 19.2 Å². The zero-order valence-corrected chi connectivity index (χ0v) is 23.4. The first-order valence-corrected chi connectivity index (χ1v) is 13.6. The minimum atomic E-state index is -0.897. The van der Waals surface area contributed by atoms with Gasteiger partial charge in [-0.15, -0.1) is 5.48 Å². The van der Waals surface area contributed by atoms with E-state index in [0.717, 1.165) is 0 Å². The smallest absolute Gasteiger partial charge is 0.333 e. The summed E-state index contributed by atoms with van der Waals surface area (Å²) in [5.74, 6) is -3.47. The predicted octanol–water partition coefficient (Wildman–Crippen LogP) is 1.52. The first-order valence-electron chi connectivity index (χ1n) is 13.6. The van der Waals surface area contributed by atoms with E-state index in [9.17, 15) is 28.4 Å². The number of amides is 3. The minimum absolute atomic E-state index is 0.0420. The average Bonchev–Trinajstić information content (AvgIpc) is 3.53. The fourth-order valence-corrected chi connectivity index (χ4v) is 4.62. The topological polar surface area (TPSA) is 166 Å². The van der Waals surface area contributed by atoms with Crippen LogP contribution in [0.25, 0.3) is 0 Å². The summed E-state index contributed by atoms with van der Waals surface area (Å²) in [6.07, 6.45) is 3.49. The molecular weight excluding hydrogens is 535 g/mol. The third kappa shape index (κ3) is 9.52. The van der Waals surface area contributed by atoms with Crippen molar-refractivity contribution in [2.24, 2.45) is 17.6 Å². The summed E-state index contributed by atoms with van der Waals surface area (Å²) in [7, 11) is 0. The number of carbonyl (C=O) groups excluding carboxylic acids is 5. The Kier molecular flexibility index (Phi) is 11.2. The molecule has 1 aromatic carbocycles. The quantitative estimate of drug-likeness (QED) is 0.192. The van der Waals surface area contributed by atoms with Gasteiger partial charge in [-0.05, 0) is 49.5 Å². The van der Waals surface area contributed by atoms with E-state index in [1.807, 2.05) is 0 Å². The second-order valence-electron chi connectivity index (χ2n) is 10.6. The second kappa shape index (κ2) is 14.5. The van der Waals surface area contributed by atoms with Gasteiger partial charge in [-0.25, -0.2) is 9.18 Å². The number of allylic oxidation sites excluding steroid dienone is 1. The van der Waals surface area contributed by atoms with E-state index in [-0.39, 0.29) is 44.0 Å². The zero-order chi connectivity index (χ0) is 30.1. The lowest BCUT2D eigenvalue weighted by atomic mass is 9.88. The predicted molar refractivity (Wildman–Crippen MR) is 146 cm³/mol. The summed E-state index contributed by atoms with van der Waals surface area (Å²) in [6.45, 7) is 5.48. The van der Waals surface area contributed by atoms with Gasteiger partial charge < -0.3 is 25.9 Å². The molecule has 3 rings (SSSR count). The van der Waals surface area contributed by atoms with Gasteiger partial charge in [-0.2, -0.15) is 0 Å². The van der Waals surface area contributed by atoms with Crippen LogP contribution >= 0.6 is 0 Å². The van der Waals surface area contributed by atoms with Crippen molar-refractivity contribution < 1.29 is 37.9 Å². The van der Waals surface area contributed by atoms with Gasteiger partial charge >= 0.3 is 5.97 Å². The maximum atomic E-state index is 13.6. The number of hydrogen-bond acceptors (Lipinski definition) is 8. The van der Waals surface area contributed by atoms with Crippen LogP contribution in [0.2, 0.25) is 0 Å². The van der Waals surface area contributed by atoms with Crippen molar-refractivity contribution in [3.63, 3.8) is 0 Å². The highest BCUT2D eigenvalue weighted by Crippen LogP contribution is 2.20. The van der Waals surface area contributed by atoms with Crippen LogP contribution < -0.4 is 21.8 Å². The normalized spacial score (nSPS) is 19.6. The highest BCUT2D eigenvalue weighted by molar-refractivity contribution is 5.94. The summed E-state index contributed by atoms with van der Waals surface area (Å²) < 4.78 is 18.5. The number of primary amides is 1. The molecule has 2 aliphatic rings. The lowest BCUT2D eigenvalue weighted by Gasteiger charge is -2.26. The molecule has 2 heterocycles. The molecule has 222 valence electrons. The Morgan fingerprint density at radius 2 is 1.88 bits per heavy atom. The van der Waals surface area contributed by atoms with E-state index in [2.05, 4.69) is 16.1 Å². The molecule has 1 saturated heterocycles. The van der Waals surface area contributed by atoms with Crippen molar-refractivity contribution in [2.75, 3.05) is 6.61 Å². The number of nitrogens with two attached hydrogens (primary N) is 1. The number of hydroxylamine groups is 1. The SMILES string of the molecule is CC1=CC(C(=O)NC(C(=O)CC(Cc2ccc(F)cc2)C(=O)NC(/C=C2/CCOC2=O)CCC(N)=O)C(C)C)NO1. The Morgan fingerprint density at radius 1 is 1.17 bits per heavy atom. The van der Waals surface area contributed by atoms with Crippen molar-refractivity contribution in [3.05, 3.63) is 59.1 Å². The number of rotatable bonds is 14. The molecule has 5 N–H and O–H groups in total. The molecule has 3 amide bonds. The van der Waals surface area contributed by atoms with E-state index in [1.54, 1.807) is 32.9 Å². The lowest BCUT2D eigenvalue weighted by molar-refractivity contribution is -0.135. The molecule has 0 bridgehead atoms. The number of ketones is 1. The van der Waals surface area contributed by atoms with E-state index in [0.29, 0.717) is 23.3 Å². The Labute approximate surface area is 238 Å². The first-order chi connectivity index (χ1) is 19.4. The van der Waals surface area contributed by atoms with Gasteiger partial charge in [0.2, 0.25) is 17.7 Å². The number of nitrogens with one attached hydrogen (secondary N) is 3. The van der Waals surface area contributed by atoms with E-state index in [4.69, 9.17) is 15.3 Å². The molecule has 11 nitrogen and oxygen atoms in total. The number of esters is 1. The highest BCUT2D eigenvalue weighted by Gasteiger charge is 2.33. The number of cyclic esters (lactones) is 1. The second-order valence-corrected chi connectivity index (χ2v) is 10.6. The Hall–Kier alpha value is -4.06. The van der Waals surface area contributed by atoms with Crippen LogP contribution in [0.15, 0.2) is 47.7 Å². The van der Waals surface area contributed by atoms with E-state index in [1.165, 1.54) is 24.3 Å². The molecule has 2 aliphatic heterocycles. The minimum Gasteiger partial charge on any atom is -0.462 e. The molecule has 0 aromatic heterocycles. The van der Waals surface area contributed by atoms with Crippen LogP contribution in [0, 0.1) is 17.7 Å². The molecule has 4 unspecified atom stereocenters. The molecule has 0 radical (unpaired) electrons. The summed E-state index contributed by atoms with van der Waals surface area (Å²) >= 11 is 0. The Morgan fingerprint density at radius 3 is 2.44 bits per heavy atom. The number of hydrogen-bond donors (Lipinski definition) is 4. The van der Waals surface area contributed by atoms with Gasteiger partial charge in [0.15, 0.2) is 5.78 Å². The lowest BCUT2D eigenvalue weighted by Crippen LogP contribution is -2.51. The van der Waals surface area contributed by atoms with Crippen LogP contribution in [0.4, 0.5) is 4.39 Å². The van der Waals surface area contributed by atoms with Crippen LogP contribution in [0.3, 0.4) is 0 Å². The summed E-state index contributed by atoms with van der Waals surface area (Å²) in [5, 5.41) is 5.59. The third-order valence-corrected chi connectivity index (χ3v) is 6.85. The van der Waals surface area contributed by atoms with E-state index < -0.39 is 53.6 Å². The van der Waals surface area contributed by atoms with Gasteiger partial charge in [0.1, 0.15) is 17.6 Å². The summed E-state index contributed by atoms with van der Waals surface area (Å²) in [4.78, 5) is 68.5. The molecule has 1 aromatic rings. The summed E-state index contributed by atoms with van der Waals surface area (Å²) in [5.41, 5.74) is 8.89. The third-order valence-electron chi connectivity index (χ3n) is 6.85. The fourth-order valence-electron chi connectivity index (χ4n) is 4.62. The number of halogens is 1. The maximum Gasteiger partial charge on any atom is 0.333 e. The molecule has 0 spiro atoms. The standard InChI is InChI=1S/C29H37FN4O7/c1-16(2)26(33-28(38)23-12-17(3)41-34-23)24(35)15-20(13-18-4-6-21(30)7-5-18)27(37)32-22(8-9-25(31)36)14-19-10-11-40-29(19)39/h4-7,12,14,16,20,22-23,26,34H,8-11,13,15H2,1-3H3,(H2,31,36)(H,32,37)(H,33,38)/b19-14-. The number of Topliss-reactive ketones (excluding diaryl/α,β-unsaturated/α-hetero) is 1. The molecule has 12 heteroatoms. The Bertz CT molecular complexity index is 1210. The zero-order valence-electron chi connectivity index (χ0n) is 23.4. The largest absolute Gasteiger partial charge is 0.462 e. The first kappa shape index (κ1) is 31.5. The van der Waals surface area contributed by atoms with Crippen LogP contribution in [0.5, 0.6) is 0 Å². The van der Waals surface area contributed by atoms with Crippen LogP contribution in [-0.4, -0.2) is 54.2 Å². The number of benzene rings is 1. The molecule has 1 fully saturated rings. The van der Waals surface area contributed by atoms with Gasteiger partial charge in [0.05, 0.1) is 12.6 Å². The van der Waals surface area contributed by atoms with Gasteiger partial charge in [0, 0.05) is 36.8 Å². The van der Waals surface area contributed by atoms with Gasteiger partial charge in [0.25, 0.3) is 0 Å². The van der Waals surface area contributed by atoms with Crippen LogP contribution in [0.1, 0.15) is 52.0 Å². The molecule has 0 aliphatic carbocycles. The van der Waals surface area contributed by atoms with Gasteiger partial charge in [-0.1, -0.05) is 32.1 Å². The molecule has 4 atom stereocenters. The number of ether oxygens (including phenoxy) is 1. The fraction of sp³-hybridized carbons (Fsp3) is 0.483. The number of carbonyl (C=O) groups is 5. The monoisotopic (exact) mass is 572 g/mol. The molecular formula is C29H37FN4O7. The summed E-state index contributed by atoms with van der Waals surface area (Å²) in [6, 6.07) is 3.23. The Balaban J connectivity index is 1.80. The van der Waals surface area contributed by atoms with Crippen molar-refractivity contribution in [3.8, 4) is 0 Å². The van der Waals surface area contributed by atoms with Crippen molar-refractivity contribution >= 4 is 29.5 Å². The van der Waals surface area contributed by atoms with Crippen molar-refractivity contribution in [1.82, 2.24) is 16.1 Å². The van der Waals surface area contributed by atoms with E-state index >= 15 is 0 Å².